The Kier molecular flexibility index (Phi) is 7.04. The number of rotatable bonds is 7. The highest BCUT2D eigenvalue weighted by atomic mass is 79.9. The molecule has 7 nitrogen and oxygen atoms in total. The Morgan fingerprint density at radius 3 is 2.37 bits per heavy atom. The summed E-state index contributed by atoms with van der Waals surface area (Å²) < 4.78 is 39.6. The highest BCUT2D eigenvalue weighted by Crippen LogP contribution is 2.32. The molecule has 0 aliphatic heterocycles. The van der Waals surface area contributed by atoms with Crippen LogP contribution in [0.1, 0.15) is 19.3 Å². The van der Waals surface area contributed by atoms with Gasteiger partial charge in [-0.2, -0.15) is 0 Å². The van der Waals surface area contributed by atoms with Gasteiger partial charge in [-0.25, -0.2) is 8.42 Å². The topological polar surface area (TPSA) is 93.7 Å². The molecule has 0 bridgehead atoms. The predicted octanol–water partition coefficient (Wildman–Crippen LogP) is 4.56. The minimum atomic E-state index is -3.97. The van der Waals surface area contributed by atoms with Crippen LogP contribution in [0.15, 0.2) is 57.9 Å². The summed E-state index contributed by atoms with van der Waals surface area (Å²) in [5.41, 5.74) is 0.750. The van der Waals surface area contributed by atoms with Gasteiger partial charge in [0.05, 0.1) is 24.4 Å². The maximum atomic E-state index is 13.0. The maximum absolute atomic E-state index is 13.0. The summed E-state index contributed by atoms with van der Waals surface area (Å²) in [5.74, 6) is 0.512. The molecule has 0 heterocycles. The average molecular weight is 495 g/mol. The second-order valence-corrected chi connectivity index (χ2v) is 9.30. The lowest BCUT2D eigenvalue weighted by Gasteiger charge is -2.18. The van der Waals surface area contributed by atoms with Crippen molar-refractivity contribution in [2.45, 2.75) is 24.2 Å². The Morgan fingerprint density at radius 1 is 1.03 bits per heavy atom. The second-order valence-electron chi connectivity index (χ2n) is 6.79. The van der Waals surface area contributed by atoms with Crippen LogP contribution in [0.5, 0.6) is 11.5 Å². The summed E-state index contributed by atoms with van der Waals surface area (Å²) >= 11 is 3.34. The Morgan fingerprint density at radius 2 is 1.73 bits per heavy atom. The molecule has 1 aliphatic rings. The van der Waals surface area contributed by atoms with Crippen molar-refractivity contribution in [1.29, 1.82) is 0 Å². The number of hydrogen-bond donors (Lipinski definition) is 2. The molecule has 0 saturated heterocycles. The fourth-order valence-corrected chi connectivity index (χ4v) is 4.97. The van der Waals surface area contributed by atoms with Crippen LogP contribution in [0.2, 0.25) is 0 Å². The van der Waals surface area contributed by atoms with E-state index < -0.39 is 10.0 Å². The molecule has 1 aliphatic carbocycles. The van der Waals surface area contributed by atoms with E-state index in [9.17, 15) is 13.2 Å². The molecular formula is C21H23BrN2O5S. The molecule has 0 aromatic heterocycles. The molecule has 0 saturated carbocycles. The fraction of sp³-hybridized carbons (Fsp3) is 0.286. The molecule has 1 amide bonds. The lowest BCUT2D eigenvalue weighted by atomic mass is 9.93. The first-order valence-electron chi connectivity index (χ1n) is 9.34. The predicted molar refractivity (Wildman–Crippen MR) is 120 cm³/mol. The summed E-state index contributed by atoms with van der Waals surface area (Å²) in [5, 5.41) is 2.82. The zero-order valence-corrected chi connectivity index (χ0v) is 19.0. The van der Waals surface area contributed by atoms with Crippen LogP contribution in [0.3, 0.4) is 0 Å². The first-order chi connectivity index (χ1) is 14.3. The van der Waals surface area contributed by atoms with E-state index in [0.717, 1.165) is 12.8 Å². The van der Waals surface area contributed by atoms with Gasteiger partial charge in [0, 0.05) is 11.6 Å². The number of methoxy groups -OCH3 is 2. The van der Waals surface area contributed by atoms with Crippen molar-refractivity contribution in [2.24, 2.45) is 5.92 Å². The van der Waals surface area contributed by atoms with Gasteiger partial charge in [-0.15, -0.1) is 0 Å². The molecule has 2 aromatic carbocycles. The normalized spacial score (nSPS) is 16.0. The largest absolute Gasteiger partial charge is 0.496 e. The summed E-state index contributed by atoms with van der Waals surface area (Å²) in [6.45, 7) is 0. The number of anilines is 2. The van der Waals surface area contributed by atoms with Gasteiger partial charge in [0.1, 0.15) is 16.4 Å². The Balaban J connectivity index is 1.85. The first-order valence-corrected chi connectivity index (χ1v) is 11.6. The number of ether oxygens (including phenoxy) is 2. The Labute approximate surface area is 184 Å². The van der Waals surface area contributed by atoms with Crippen molar-refractivity contribution in [3.8, 4) is 11.5 Å². The summed E-state index contributed by atoms with van der Waals surface area (Å²) in [7, 11) is -1.05. The number of amides is 1. The van der Waals surface area contributed by atoms with Gasteiger partial charge in [-0.3, -0.25) is 9.52 Å². The van der Waals surface area contributed by atoms with Crippen LogP contribution in [0.25, 0.3) is 0 Å². The number of carbonyl (C=O) groups excluding carboxylic acids is 1. The standard InChI is InChI=1S/C21H23BrN2O5S/c1-28-18-10-9-16(12-17(18)22)24-30(26,27)20-13-15(8-11-19(20)29-2)23-21(25)14-6-4-3-5-7-14/h3-4,8-14,24H,5-7H2,1-2H3,(H,23,25). The van der Waals surface area contributed by atoms with Crippen molar-refractivity contribution in [3.63, 3.8) is 0 Å². The van der Waals surface area contributed by atoms with E-state index >= 15 is 0 Å². The number of sulfonamides is 1. The molecule has 9 heteroatoms. The van der Waals surface area contributed by atoms with E-state index in [0.29, 0.717) is 28.0 Å². The van der Waals surface area contributed by atoms with Crippen LogP contribution in [-0.2, 0) is 14.8 Å². The highest BCUT2D eigenvalue weighted by molar-refractivity contribution is 9.10. The van der Waals surface area contributed by atoms with E-state index in [1.165, 1.54) is 26.4 Å². The molecule has 1 unspecified atom stereocenters. The molecule has 30 heavy (non-hydrogen) atoms. The molecule has 2 N–H and O–H groups in total. The van der Waals surface area contributed by atoms with Gasteiger partial charge in [-0.1, -0.05) is 12.2 Å². The zero-order valence-electron chi connectivity index (χ0n) is 16.6. The summed E-state index contributed by atoms with van der Waals surface area (Å²) in [4.78, 5) is 12.4. The van der Waals surface area contributed by atoms with Crippen LogP contribution in [-0.4, -0.2) is 28.5 Å². The van der Waals surface area contributed by atoms with Crippen molar-refractivity contribution in [1.82, 2.24) is 0 Å². The van der Waals surface area contributed by atoms with E-state index in [2.05, 4.69) is 32.0 Å². The van der Waals surface area contributed by atoms with Crippen molar-refractivity contribution in [2.75, 3.05) is 24.3 Å². The van der Waals surface area contributed by atoms with Gasteiger partial charge in [-0.05, 0) is 71.6 Å². The lowest BCUT2D eigenvalue weighted by molar-refractivity contribution is -0.120. The molecule has 3 rings (SSSR count). The van der Waals surface area contributed by atoms with Crippen LogP contribution in [0.4, 0.5) is 11.4 Å². The lowest BCUT2D eigenvalue weighted by Crippen LogP contribution is -2.23. The van der Waals surface area contributed by atoms with E-state index in [1.54, 1.807) is 24.3 Å². The van der Waals surface area contributed by atoms with Gasteiger partial charge in [0.2, 0.25) is 5.91 Å². The first kappa shape index (κ1) is 22.2. The smallest absolute Gasteiger partial charge is 0.265 e. The average Bonchev–Trinajstić information content (AvgIpc) is 2.74. The molecule has 0 spiro atoms. The number of benzene rings is 2. The third kappa shape index (κ3) is 5.14. The van der Waals surface area contributed by atoms with Crippen LogP contribution >= 0.6 is 15.9 Å². The molecule has 1 atom stereocenters. The minimum Gasteiger partial charge on any atom is -0.496 e. The molecule has 0 fully saturated rings. The maximum Gasteiger partial charge on any atom is 0.265 e. The second kappa shape index (κ2) is 9.53. The number of halogens is 1. The highest BCUT2D eigenvalue weighted by Gasteiger charge is 2.23. The quantitative estimate of drug-likeness (QED) is 0.550. The molecule has 0 radical (unpaired) electrons. The summed E-state index contributed by atoms with van der Waals surface area (Å²) in [6.07, 6.45) is 6.37. The minimum absolute atomic E-state index is 0.0710. The Hall–Kier alpha value is -2.52. The SMILES string of the molecule is COc1ccc(NS(=O)(=O)c2cc(NC(=O)C3CC=CCC3)ccc2OC)cc1Br. The number of carbonyl (C=O) groups is 1. The fourth-order valence-electron chi connectivity index (χ4n) is 3.18. The van der Waals surface area contributed by atoms with E-state index in [4.69, 9.17) is 9.47 Å². The Bertz CT molecular complexity index is 1070. The summed E-state index contributed by atoms with van der Waals surface area (Å²) in [6, 6.07) is 9.39. The van der Waals surface area contributed by atoms with Gasteiger partial charge in [0.25, 0.3) is 10.0 Å². The third-order valence-electron chi connectivity index (χ3n) is 4.76. The van der Waals surface area contributed by atoms with E-state index in [1.807, 2.05) is 6.08 Å². The number of hydrogen-bond acceptors (Lipinski definition) is 5. The van der Waals surface area contributed by atoms with Gasteiger partial charge < -0.3 is 14.8 Å². The van der Waals surface area contributed by atoms with Gasteiger partial charge in [0.15, 0.2) is 0 Å². The van der Waals surface area contributed by atoms with Crippen molar-refractivity contribution < 1.29 is 22.7 Å². The van der Waals surface area contributed by atoms with Crippen molar-refractivity contribution >= 4 is 43.2 Å². The van der Waals surface area contributed by atoms with Crippen LogP contribution in [0, 0.1) is 5.92 Å². The van der Waals surface area contributed by atoms with Crippen LogP contribution < -0.4 is 19.5 Å². The monoisotopic (exact) mass is 494 g/mol. The third-order valence-corrected chi connectivity index (χ3v) is 6.79. The zero-order chi connectivity index (χ0) is 21.7. The van der Waals surface area contributed by atoms with Crippen molar-refractivity contribution in [3.05, 3.63) is 53.0 Å². The number of allylic oxidation sites excluding steroid dienone is 2. The molecule has 2 aromatic rings. The molecule has 160 valence electrons. The van der Waals surface area contributed by atoms with Gasteiger partial charge >= 0.3 is 0 Å². The van der Waals surface area contributed by atoms with E-state index in [-0.39, 0.29) is 22.5 Å². The number of nitrogens with one attached hydrogen (secondary N) is 2. The molecular weight excluding hydrogens is 472 g/mol.